The molecule has 148 valence electrons. The summed E-state index contributed by atoms with van der Waals surface area (Å²) in [6.45, 7) is 0.684. The van der Waals surface area contributed by atoms with Crippen molar-refractivity contribution in [2.45, 2.75) is 57.8 Å². The van der Waals surface area contributed by atoms with E-state index in [4.69, 9.17) is 28.3 Å². The summed E-state index contributed by atoms with van der Waals surface area (Å²) in [5.74, 6) is -0.0883. The van der Waals surface area contributed by atoms with Crippen LogP contribution in [0.2, 0.25) is 10.0 Å². The van der Waals surface area contributed by atoms with E-state index in [9.17, 15) is 9.59 Å². The molecule has 0 fully saturated rings. The molecule has 1 aliphatic heterocycles. The first-order valence-corrected chi connectivity index (χ1v) is 10.0. The van der Waals surface area contributed by atoms with E-state index >= 15 is 0 Å². The number of carboxylic acid groups (broad SMARTS) is 1. The van der Waals surface area contributed by atoms with Crippen molar-refractivity contribution in [2.24, 2.45) is 5.10 Å². The molecular formula is C19H25Cl2N3O3. The van der Waals surface area contributed by atoms with Crippen molar-refractivity contribution in [1.82, 2.24) is 5.32 Å². The number of rotatable bonds is 10. The molecule has 1 aromatic rings. The summed E-state index contributed by atoms with van der Waals surface area (Å²) in [5.41, 5.74) is 0.844. The van der Waals surface area contributed by atoms with Crippen LogP contribution in [0, 0.1) is 0 Å². The van der Waals surface area contributed by atoms with Crippen molar-refractivity contribution in [3.8, 4) is 0 Å². The Balaban J connectivity index is 1.63. The zero-order valence-electron chi connectivity index (χ0n) is 15.2. The van der Waals surface area contributed by atoms with Gasteiger partial charge in [0.15, 0.2) is 0 Å². The maximum absolute atomic E-state index is 12.0. The highest BCUT2D eigenvalue weighted by Gasteiger charge is 2.18. The lowest BCUT2D eigenvalue weighted by atomic mass is 10.1. The van der Waals surface area contributed by atoms with Gasteiger partial charge in [-0.3, -0.25) is 14.6 Å². The second-order valence-electron chi connectivity index (χ2n) is 6.58. The van der Waals surface area contributed by atoms with E-state index in [1.807, 2.05) is 6.07 Å². The molecule has 0 spiro atoms. The fourth-order valence-corrected chi connectivity index (χ4v) is 3.16. The third-order valence-electron chi connectivity index (χ3n) is 4.33. The first kappa shape index (κ1) is 21.5. The number of halogens is 2. The van der Waals surface area contributed by atoms with E-state index in [2.05, 4.69) is 10.4 Å². The zero-order valence-corrected chi connectivity index (χ0v) is 16.7. The van der Waals surface area contributed by atoms with Crippen molar-refractivity contribution in [3.63, 3.8) is 0 Å². The fraction of sp³-hybridized carbons (Fsp3) is 0.526. The summed E-state index contributed by atoms with van der Waals surface area (Å²) in [5, 5.41) is 18.6. The SMILES string of the molecule is O=C(O)CCCCCCCCC(=O)NC1=NN(c2ccc(Cl)c(Cl)c2)CC1. The molecule has 0 bridgehead atoms. The predicted molar refractivity (Wildman–Crippen MR) is 109 cm³/mol. The Morgan fingerprint density at radius 1 is 1.04 bits per heavy atom. The molecule has 0 atom stereocenters. The Kier molecular flexibility index (Phi) is 8.88. The molecule has 0 aromatic heterocycles. The molecule has 27 heavy (non-hydrogen) atoms. The van der Waals surface area contributed by atoms with Gasteiger partial charge in [-0.1, -0.05) is 48.9 Å². The van der Waals surface area contributed by atoms with Crippen LogP contribution in [0.25, 0.3) is 0 Å². The van der Waals surface area contributed by atoms with Crippen LogP contribution >= 0.6 is 23.2 Å². The first-order valence-electron chi connectivity index (χ1n) is 9.27. The normalized spacial score (nSPS) is 13.6. The van der Waals surface area contributed by atoms with Gasteiger partial charge < -0.3 is 10.4 Å². The Bertz CT molecular complexity index is 695. The molecule has 0 saturated heterocycles. The molecule has 8 heteroatoms. The van der Waals surface area contributed by atoms with Crippen LogP contribution in [0.5, 0.6) is 0 Å². The van der Waals surface area contributed by atoms with Gasteiger partial charge in [-0.05, 0) is 31.0 Å². The highest BCUT2D eigenvalue weighted by molar-refractivity contribution is 6.42. The lowest BCUT2D eigenvalue weighted by molar-refractivity contribution is -0.137. The average Bonchev–Trinajstić information content (AvgIpc) is 3.07. The number of nitrogens with zero attached hydrogens (tertiary/aromatic N) is 2. The molecule has 2 N–H and O–H groups in total. The summed E-state index contributed by atoms with van der Waals surface area (Å²) in [4.78, 5) is 22.4. The number of hydrogen-bond donors (Lipinski definition) is 2. The van der Waals surface area contributed by atoms with Gasteiger partial charge in [0.05, 0.1) is 15.7 Å². The van der Waals surface area contributed by atoms with Gasteiger partial charge in [-0.25, -0.2) is 0 Å². The summed E-state index contributed by atoms with van der Waals surface area (Å²) in [7, 11) is 0. The minimum absolute atomic E-state index is 0.0179. The quantitative estimate of drug-likeness (QED) is 0.537. The lowest BCUT2D eigenvalue weighted by Crippen LogP contribution is -2.29. The van der Waals surface area contributed by atoms with E-state index in [0.29, 0.717) is 35.3 Å². The summed E-state index contributed by atoms with van der Waals surface area (Å²) < 4.78 is 0. The van der Waals surface area contributed by atoms with Crippen molar-refractivity contribution in [1.29, 1.82) is 0 Å². The number of anilines is 1. The fourth-order valence-electron chi connectivity index (χ4n) is 2.87. The summed E-state index contributed by atoms with van der Waals surface area (Å²) >= 11 is 12.0. The molecule has 0 saturated carbocycles. The minimum Gasteiger partial charge on any atom is -0.481 e. The minimum atomic E-state index is -0.737. The molecule has 1 amide bonds. The molecule has 0 radical (unpaired) electrons. The van der Waals surface area contributed by atoms with Crippen molar-refractivity contribution in [2.75, 3.05) is 11.6 Å². The lowest BCUT2D eigenvalue weighted by Gasteiger charge is -2.13. The van der Waals surface area contributed by atoms with Gasteiger partial charge in [0, 0.05) is 25.8 Å². The summed E-state index contributed by atoms with van der Waals surface area (Å²) in [6.07, 6.45) is 6.89. The second kappa shape index (κ2) is 11.1. The van der Waals surface area contributed by atoms with Gasteiger partial charge in [0.2, 0.25) is 5.91 Å². The standard InChI is InChI=1S/C19H25Cl2N3O3/c20-15-10-9-14(13-16(15)21)24-12-11-17(23-24)22-18(25)7-5-3-1-2-4-6-8-19(26)27/h9-10,13H,1-8,11-12H2,(H,26,27)(H,22,23,25). The molecule has 1 aromatic carbocycles. The van der Waals surface area contributed by atoms with Crippen molar-refractivity contribution in [3.05, 3.63) is 28.2 Å². The Hall–Kier alpha value is -1.79. The number of carbonyl (C=O) groups excluding carboxylic acids is 1. The second-order valence-corrected chi connectivity index (χ2v) is 7.40. The molecular weight excluding hydrogens is 389 g/mol. The van der Waals surface area contributed by atoms with E-state index < -0.39 is 5.97 Å². The molecule has 0 unspecified atom stereocenters. The van der Waals surface area contributed by atoms with Gasteiger partial charge >= 0.3 is 5.97 Å². The molecule has 0 aliphatic carbocycles. The topological polar surface area (TPSA) is 82.0 Å². The number of aliphatic carboxylic acids is 1. The van der Waals surface area contributed by atoms with E-state index in [-0.39, 0.29) is 12.3 Å². The van der Waals surface area contributed by atoms with Gasteiger partial charge in [0.1, 0.15) is 5.84 Å². The number of carboxylic acids is 1. The number of amides is 1. The van der Waals surface area contributed by atoms with Gasteiger partial charge in [-0.2, -0.15) is 5.10 Å². The maximum Gasteiger partial charge on any atom is 0.303 e. The van der Waals surface area contributed by atoms with Gasteiger partial charge in [-0.15, -0.1) is 0 Å². The number of hydrogen-bond acceptors (Lipinski definition) is 4. The number of benzene rings is 1. The summed E-state index contributed by atoms with van der Waals surface area (Å²) in [6, 6.07) is 5.33. The van der Waals surface area contributed by atoms with E-state index in [0.717, 1.165) is 44.2 Å². The monoisotopic (exact) mass is 413 g/mol. The van der Waals surface area contributed by atoms with E-state index in [1.165, 1.54) is 0 Å². The van der Waals surface area contributed by atoms with Gasteiger partial charge in [0.25, 0.3) is 0 Å². The third kappa shape index (κ3) is 7.77. The zero-order chi connectivity index (χ0) is 19.6. The van der Waals surface area contributed by atoms with Crippen LogP contribution < -0.4 is 10.3 Å². The van der Waals surface area contributed by atoms with Crippen LogP contribution in [-0.4, -0.2) is 29.4 Å². The third-order valence-corrected chi connectivity index (χ3v) is 5.07. The smallest absolute Gasteiger partial charge is 0.303 e. The molecule has 1 heterocycles. The highest BCUT2D eigenvalue weighted by Crippen LogP contribution is 2.28. The molecule has 6 nitrogen and oxygen atoms in total. The number of unbranched alkanes of at least 4 members (excludes halogenated alkanes) is 5. The van der Waals surface area contributed by atoms with Crippen LogP contribution in [0.4, 0.5) is 5.69 Å². The van der Waals surface area contributed by atoms with Crippen LogP contribution in [0.15, 0.2) is 23.3 Å². The first-order chi connectivity index (χ1) is 13.0. The molecule has 2 rings (SSSR count). The Labute approximate surface area is 169 Å². The van der Waals surface area contributed by atoms with E-state index in [1.54, 1.807) is 17.1 Å². The Morgan fingerprint density at radius 2 is 1.70 bits per heavy atom. The average molecular weight is 414 g/mol. The number of carbonyl (C=O) groups is 2. The maximum atomic E-state index is 12.0. The highest BCUT2D eigenvalue weighted by atomic mass is 35.5. The number of nitrogens with one attached hydrogen (secondary N) is 1. The number of amidine groups is 1. The number of hydrazone groups is 1. The van der Waals surface area contributed by atoms with Crippen LogP contribution in [-0.2, 0) is 9.59 Å². The van der Waals surface area contributed by atoms with Crippen molar-refractivity contribution >= 4 is 46.6 Å². The molecule has 1 aliphatic rings. The Morgan fingerprint density at radius 3 is 2.37 bits per heavy atom. The predicted octanol–water partition coefficient (Wildman–Crippen LogP) is 4.84. The van der Waals surface area contributed by atoms with Crippen LogP contribution in [0.3, 0.4) is 0 Å². The largest absolute Gasteiger partial charge is 0.481 e. The van der Waals surface area contributed by atoms with Crippen LogP contribution in [0.1, 0.15) is 57.8 Å². The van der Waals surface area contributed by atoms with Crippen molar-refractivity contribution < 1.29 is 14.7 Å².